The van der Waals surface area contributed by atoms with Gasteiger partial charge in [0, 0.05) is 49.6 Å². The number of rotatable bonds is 6. The lowest BCUT2D eigenvalue weighted by molar-refractivity contribution is 0.670. The Hall–Kier alpha value is -7.36. The zero-order valence-electron chi connectivity index (χ0n) is 29.8. The van der Waals surface area contributed by atoms with E-state index in [0.29, 0.717) is 0 Å². The topological polar surface area (TPSA) is 29.5 Å². The molecule has 9 aromatic carbocycles. The maximum Gasteiger partial charge on any atom is 0.143 e. The highest BCUT2D eigenvalue weighted by molar-refractivity contribution is 6.15. The van der Waals surface area contributed by atoms with Crippen LogP contribution in [0.15, 0.2) is 209 Å². The van der Waals surface area contributed by atoms with E-state index in [1.54, 1.807) is 0 Å². The SMILES string of the molecule is c1ccc(-c2ccc(N(c3ccc(-c4ccc5c(c4)oc4c6ccccc6ccc54)cc3)c3ccc(-c4cccc5c4oc4ccccc45)cc3)cc2)cc1. The van der Waals surface area contributed by atoms with Crippen LogP contribution in [0.25, 0.3) is 88.0 Å². The van der Waals surface area contributed by atoms with Crippen molar-refractivity contribution < 1.29 is 8.83 Å². The summed E-state index contributed by atoms with van der Waals surface area (Å²) in [6, 6.07) is 70.9. The third-order valence-corrected chi connectivity index (χ3v) is 10.9. The number of anilines is 3. The molecule has 0 aliphatic heterocycles. The smallest absolute Gasteiger partial charge is 0.143 e. The summed E-state index contributed by atoms with van der Waals surface area (Å²) >= 11 is 0. The van der Waals surface area contributed by atoms with Crippen molar-refractivity contribution in [3.63, 3.8) is 0 Å². The van der Waals surface area contributed by atoms with E-state index in [1.807, 2.05) is 12.1 Å². The van der Waals surface area contributed by atoms with Gasteiger partial charge in [0.15, 0.2) is 0 Å². The van der Waals surface area contributed by atoms with Crippen LogP contribution in [0, 0.1) is 0 Å². The van der Waals surface area contributed by atoms with Crippen molar-refractivity contribution >= 4 is 71.7 Å². The Morgan fingerprint density at radius 1 is 0.291 bits per heavy atom. The molecule has 0 amide bonds. The Morgan fingerprint density at radius 3 is 1.55 bits per heavy atom. The molecule has 0 saturated heterocycles. The Morgan fingerprint density at radius 2 is 0.800 bits per heavy atom. The predicted octanol–water partition coefficient (Wildman–Crippen LogP) is 15.1. The molecule has 0 radical (unpaired) electrons. The summed E-state index contributed by atoms with van der Waals surface area (Å²) in [7, 11) is 0. The molecule has 0 atom stereocenters. The normalized spacial score (nSPS) is 11.6. The number of nitrogens with zero attached hydrogens (tertiary/aromatic N) is 1. The van der Waals surface area contributed by atoms with Gasteiger partial charge in [0.25, 0.3) is 0 Å². The van der Waals surface area contributed by atoms with Gasteiger partial charge in [-0.1, -0.05) is 140 Å². The summed E-state index contributed by atoms with van der Waals surface area (Å²) in [5, 5.41) is 6.86. The van der Waals surface area contributed by atoms with Crippen LogP contribution < -0.4 is 4.90 Å². The van der Waals surface area contributed by atoms with Crippen LogP contribution >= 0.6 is 0 Å². The minimum absolute atomic E-state index is 0.895. The molecule has 0 N–H and O–H groups in total. The number of benzene rings is 9. The van der Waals surface area contributed by atoms with Crippen LogP contribution in [0.4, 0.5) is 17.1 Å². The van der Waals surface area contributed by atoms with Crippen LogP contribution in [0.5, 0.6) is 0 Å². The van der Waals surface area contributed by atoms with Gasteiger partial charge in [-0.15, -0.1) is 0 Å². The second kappa shape index (κ2) is 12.6. The molecule has 0 aliphatic carbocycles. The van der Waals surface area contributed by atoms with Crippen LogP contribution in [-0.4, -0.2) is 0 Å². The Kier molecular flexibility index (Phi) is 7.17. The monoisotopic (exact) mass is 703 g/mol. The van der Waals surface area contributed by atoms with Crippen molar-refractivity contribution in [2.75, 3.05) is 4.90 Å². The molecule has 0 saturated carbocycles. The zero-order chi connectivity index (χ0) is 36.3. The maximum atomic E-state index is 6.51. The molecule has 55 heavy (non-hydrogen) atoms. The largest absolute Gasteiger partial charge is 0.455 e. The van der Waals surface area contributed by atoms with Gasteiger partial charge < -0.3 is 13.7 Å². The average molecular weight is 704 g/mol. The minimum Gasteiger partial charge on any atom is -0.455 e. The third-order valence-electron chi connectivity index (χ3n) is 10.9. The first-order chi connectivity index (χ1) is 27.2. The van der Waals surface area contributed by atoms with Crippen molar-refractivity contribution in [2.24, 2.45) is 0 Å². The van der Waals surface area contributed by atoms with E-state index >= 15 is 0 Å². The first-order valence-corrected chi connectivity index (χ1v) is 18.7. The van der Waals surface area contributed by atoms with Crippen molar-refractivity contribution in [3.8, 4) is 33.4 Å². The summed E-state index contributed by atoms with van der Waals surface area (Å²) in [6.45, 7) is 0. The fourth-order valence-electron chi connectivity index (χ4n) is 8.13. The van der Waals surface area contributed by atoms with Gasteiger partial charge >= 0.3 is 0 Å². The lowest BCUT2D eigenvalue weighted by Crippen LogP contribution is -2.09. The number of furan rings is 2. The third kappa shape index (κ3) is 5.28. The molecule has 0 unspecified atom stereocenters. The predicted molar refractivity (Wildman–Crippen MR) is 229 cm³/mol. The molecule has 2 aromatic heterocycles. The van der Waals surface area contributed by atoms with Gasteiger partial charge in [0.2, 0.25) is 0 Å². The molecule has 0 bridgehead atoms. The van der Waals surface area contributed by atoms with E-state index < -0.39 is 0 Å². The fourth-order valence-corrected chi connectivity index (χ4v) is 8.13. The maximum absolute atomic E-state index is 6.51. The summed E-state index contributed by atoms with van der Waals surface area (Å²) in [5.41, 5.74) is 13.7. The highest BCUT2D eigenvalue weighted by Gasteiger charge is 2.17. The van der Waals surface area contributed by atoms with Gasteiger partial charge in [-0.25, -0.2) is 0 Å². The van der Waals surface area contributed by atoms with E-state index in [1.165, 1.54) is 16.5 Å². The van der Waals surface area contributed by atoms with Crippen molar-refractivity contribution in [1.29, 1.82) is 0 Å². The highest BCUT2D eigenvalue weighted by Crippen LogP contribution is 2.41. The first-order valence-electron chi connectivity index (χ1n) is 18.7. The standard InChI is InChI=1S/C52H33NO2/c1-2-9-34(10-3-1)35-17-25-40(26-18-35)53(42-29-21-38(22-30-42)44-14-8-15-47-45-13-6-7-16-49(45)54-51(44)47)41-27-19-36(20-28-41)39-24-31-46-48-32-23-37-11-4-5-12-43(37)52(48)55-50(46)33-39/h1-33H. The number of hydrogen-bond donors (Lipinski definition) is 0. The second-order valence-electron chi connectivity index (χ2n) is 14.1. The Balaban J connectivity index is 0.974. The van der Waals surface area contributed by atoms with Gasteiger partial charge in [-0.3, -0.25) is 0 Å². The van der Waals surface area contributed by atoms with E-state index in [9.17, 15) is 0 Å². The van der Waals surface area contributed by atoms with E-state index in [4.69, 9.17) is 8.83 Å². The Labute approximate surface area is 317 Å². The molecule has 3 nitrogen and oxygen atoms in total. The van der Waals surface area contributed by atoms with Crippen LogP contribution in [0.1, 0.15) is 0 Å². The van der Waals surface area contributed by atoms with Crippen molar-refractivity contribution in [1.82, 2.24) is 0 Å². The van der Waals surface area contributed by atoms with Gasteiger partial charge in [-0.05, 0) is 93.9 Å². The quantitative estimate of drug-likeness (QED) is 0.173. The zero-order valence-corrected chi connectivity index (χ0v) is 29.8. The molecule has 11 rings (SSSR count). The number of para-hydroxylation sites is 2. The average Bonchev–Trinajstić information content (AvgIpc) is 3.83. The lowest BCUT2D eigenvalue weighted by atomic mass is 10.0. The Bertz CT molecular complexity index is 3170. The molecule has 2 heterocycles. The summed E-state index contributed by atoms with van der Waals surface area (Å²) in [4.78, 5) is 2.32. The molecule has 0 fully saturated rings. The second-order valence-corrected chi connectivity index (χ2v) is 14.1. The lowest BCUT2D eigenvalue weighted by Gasteiger charge is -2.26. The molecular formula is C52H33NO2. The van der Waals surface area contributed by atoms with Crippen molar-refractivity contribution in [2.45, 2.75) is 0 Å². The molecule has 0 spiro atoms. The summed E-state index contributed by atoms with van der Waals surface area (Å²) in [5.74, 6) is 0. The fraction of sp³-hybridized carbons (Fsp3) is 0. The van der Waals surface area contributed by atoms with Gasteiger partial charge in [-0.2, -0.15) is 0 Å². The van der Waals surface area contributed by atoms with E-state index in [0.717, 1.165) is 88.6 Å². The molecular weight excluding hydrogens is 671 g/mol. The molecule has 258 valence electrons. The van der Waals surface area contributed by atoms with Crippen molar-refractivity contribution in [3.05, 3.63) is 200 Å². The summed E-state index contributed by atoms with van der Waals surface area (Å²) < 4.78 is 12.9. The molecule has 3 heteroatoms. The van der Waals surface area contributed by atoms with E-state index in [-0.39, 0.29) is 0 Å². The number of hydrogen-bond acceptors (Lipinski definition) is 3. The van der Waals surface area contributed by atoms with Gasteiger partial charge in [0.05, 0.1) is 0 Å². The van der Waals surface area contributed by atoms with Crippen LogP contribution in [0.2, 0.25) is 0 Å². The van der Waals surface area contributed by atoms with Gasteiger partial charge in [0.1, 0.15) is 22.3 Å². The molecule has 11 aromatic rings. The highest BCUT2D eigenvalue weighted by atomic mass is 16.3. The van der Waals surface area contributed by atoms with E-state index in [2.05, 4.69) is 193 Å². The first kappa shape index (κ1) is 31.2. The summed E-state index contributed by atoms with van der Waals surface area (Å²) in [6.07, 6.45) is 0. The van der Waals surface area contributed by atoms with Crippen LogP contribution in [-0.2, 0) is 0 Å². The minimum atomic E-state index is 0.895. The van der Waals surface area contributed by atoms with Crippen LogP contribution in [0.3, 0.4) is 0 Å². The molecule has 0 aliphatic rings. The number of fused-ring (bicyclic) bond motifs is 8.